The van der Waals surface area contributed by atoms with Crippen LogP contribution in [0.5, 0.6) is 0 Å². The van der Waals surface area contributed by atoms with Crippen molar-refractivity contribution in [1.29, 1.82) is 0 Å². The zero-order chi connectivity index (χ0) is 12.5. The van der Waals surface area contributed by atoms with Crippen molar-refractivity contribution in [2.75, 3.05) is 5.32 Å². The van der Waals surface area contributed by atoms with Crippen LogP contribution in [0.1, 0.15) is 37.8 Å². The Bertz CT molecular complexity index is 414. The van der Waals surface area contributed by atoms with E-state index in [0.29, 0.717) is 0 Å². The van der Waals surface area contributed by atoms with Crippen LogP contribution in [-0.4, -0.2) is 11.4 Å². The standard InChI is InChI=1S/C14H20N2O/c1-3-10-6-5-7-11(4-2)12(10)16-13(17)14(15)8-9-14/h5-7H,3-4,8-9,15H2,1-2H3,(H,16,17). The number of hydrogen-bond donors (Lipinski definition) is 2. The van der Waals surface area contributed by atoms with E-state index in [1.165, 1.54) is 11.1 Å². The monoisotopic (exact) mass is 232 g/mol. The molecule has 0 heterocycles. The minimum Gasteiger partial charge on any atom is -0.324 e. The van der Waals surface area contributed by atoms with Crippen molar-refractivity contribution in [3.8, 4) is 0 Å². The summed E-state index contributed by atoms with van der Waals surface area (Å²) in [5, 5.41) is 3.02. The van der Waals surface area contributed by atoms with E-state index >= 15 is 0 Å². The maximum absolute atomic E-state index is 12.0. The van der Waals surface area contributed by atoms with Crippen molar-refractivity contribution < 1.29 is 4.79 Å². The molecule has 0 saturated heterocycles. The Labute approximate surface area is 102 Å². The summed E-state index contributed by atoms with van der Waals surface area (Å²) < 4.78 is 0. The zero-order valence-corrected chi connectivity index (χ0v) is 10.5. The second-order valence-corrected chi connectivity index (χ2v) is 4.77. The van der Waals surface area contributed by atoms with Gasteiger partial charge in [-0.05, 0) is 36.8 Å². The second-order valence-electron chi connectivity index (χ2n) is 4.77. The molecule has 92 valence electrons. The molecule has 3 N–H and O–H groups in total. The highest BCUT2D eigenvalue weighted by atomic mass is 16.2. The Hall–Kier alpha value is -1.35. The zero-order valence-electron chi connectivity index (χ0n) is 10.5. The SMILES string of the molecule is CCc1cccc(CC)c1NC(=O)C1(N)CC1. The molecule has 1 aromatic carbocycles. The van der Waals surface area contributed by atoms with Crippen molar-refractivity contribution >= 4 is 11.6 Å². The van der Waals surface area contributed by atoms with Crippen molar-refractivity contribution in [2.24, 2.45) is 5.73 Å². The summed E-state index contributed by atoms with van der Waals surface area (Å²) in [5.41, 5.74) is 8.64. The van der Waals surface area contributed by atoms with Gasteiger partial charge in [0, 0.05) is 5.69 Å². The summed E-state index contributed by atoms with van der Waals surface area (Å²) in [6, 6.07) is 6.17. The second kappa shape index (κ2) is 4.49. The Kier molecular flexibility index (Phi) is 3.20. The predicted molar refractivity (Wildman–Crippen MR) is 70.0 cm³/mol. The molecule has 0 spiro atoms. The normalized spacial score (nSPS) is 16.6. The van der Waals surface area contributed by atoms with Crippen LogP contribution < -0.4 is 11.1 Å². The first-order valence-electron chi connectivity index (χ1n) is 6.32. The molecule has 0 unspecified atom stereocenters. The molecule has 1 fully saturated rings. The first kappa shape index (κ1) is 12.1. The van der Waals surface area contributed by atoms with E-state index < -0.39 is 5.54 Å². The highest BCUT2D eigenvalue weighted by Crippen LogP contribution is 2.34. The molecule has 0 bridgehead atoms. The lowest BCUT2D eigenvalue weighted by Crippen LogP contribution is -2.38. The molecule has 1 saturated carbocycles. The number of rotatable bonds is 4. The molecular formula is C14H20N2O. The van der Waals surface area contributed by atoms with Gasteiger partial charge in [-0.3, -0.25) is 4.79 Å². The van der Waals surface area contributed by atoms with Gasteiger partial charge in [-0.1, -0.05) is 32.0 Å². The predicted octanol–water partition coefficient (Wildman–Crippen LogP) is 2.24. The van der Waals surface area contributed by atoms with Crippen molar-refractivity contribution in [3.63, 3.8) is 0 Å². The number of aryl methyl sites for hydroxylation is 2. The average Bonchev–Trinajstić information content (AvgIpc) is 3.09. The van der Waals surface area contributed by atoms with E-state index in [4.69, 9.17) is 5.73 Å². The van der Waals surface area contributed by atoms with E-state index in [1.807, 2.05) is 6.07 Å². The smallest absolute Gasteiger partial charge is 0.244 e. The third-order valence-electron chi connectivity index (χ3n) is 3.48. The number of nitrogens with two attached hydrogens (primary N) is 1. The minimum absolute atomic E-state index is 0.0342. The fraction of sp³-hybridized carbons (Fsp3) is 0.500. The lowest BCUT2D eigenvalue weighted by Gasteiger charge is -2.16. The molecule has 17 heavy (non-hydrogen) atoms. The first-order valence-corrected chi connectivity index (χ1v) is 6.32. The van der Waals surface area contributed by atoms with E-state index in [0.717, 1.165) is 31.4 Å². The summed E-state index contributed by atoms with van der Waals surface area (Å²) in [6.45, 7) is 4.19. The Balaban J connectivity index is 2.26. The van der Waals surface area contributed by atoms with E-state index in [1.54, 1.807) is 0 Å². The Morgan fingerprint density at radius 2 is 1.82 bits per heavy atom. The van der Waals surface area contributed by atoms with E-state index in [2.05, 4.69) is 31.3 Å². The lowest BCUT2D eigenvalue weighted by atomic mass is 10.0. The number of nitrogens with one attached hydrogen (secondary N) is 1. The summed E-state index contributed by atoms with van der Waals surface area (Å²) in [4.78, 5) is 12.0. The van der Waals surface area contributed by atoms with E-state index in [9.17, 15) is 4.79 Å². The number of hydrogen-bond acceptors (Lipinski definition) is 2. The van der Waals surface area contributed by atoms with Crippen LogP contribution in [0.2, 0.25) is 0 Å². The molecule has 1 aliphatic carbocycles. The van der Waals surface area contributed by atoms with Gasteiger partial charge in [0.25, 0.3) is 0 Å². The third-order valence-corrected chi connectivity index (χ3v) is 3.48. The highest BCUT2D eigenvalue weighted by Gasteiger charge is 2.46. The van der Waals surface area contributed by atoms with Crippen LogP contribution in [0.25, 0.3) is 0 Å². The molecule has 3 heteroatoms. The van der Waals surface area contributed by atoms with Crippen LogP contribution in [-0.2, 0) is 17.6 Å². The largest absolute Gasteiger partial charge is 0.324 e. The number of amides is 1. The Morgan fingerprint density at radius 3 is 2.24 bits per heavy atom. The van der Waals surface area contributed by atoms with Crippen LogP contribution in [0, 0.1) is 0 Å². The molecule has 1 amide bonds. The molecule has 0 aromatic heterocycles. The summed E-state index contributed by atoms with van der Waals surface area (Å²) in [7, 11) is 0. The van der Waals surface area contributed by atoms with Crippen LogP contribution in [0.3, 0.4) is 0 Å². The molecule has 0 atom stereocenters. The molecule has 3 nitrogen and oxygen atoms in total. The molecular weight excluding hydrogens is 212 g/mol. The van der Waals surface area contributed by atoms with Gasteiger partial charge < -0.3 is 11.1 Å². The van der Waals surface area contributed by atoms with Gasteiger partial charge in [-0.25, -0.2) is 0 Å². The van der Waals surface area contributed by atoms with Gasteiger partial charge in [0.1, 0.15) is 0 Å². The van der Waals surface area contributed by atoms with Gasteiger partial charge in [0.2, 0.25) is 5.91 Å². The number of carbonyl (C=O) groups excluding carboxylic acids is 1. The van der Waals surface area contributed by atoms with Crippen LogP contribution >= 0.6 is 0 Å². The van der Waals surface area contributed by atoms with Gasteiger partial charge in [-0.15, -0.1) is 0 Å². The molecule has 1 aromatic rings. The van der Waals surface area contributed by atoms with E-state index in [-0.39, 0.29) is 5.91 Å². The fourth-order valence-electron chi connectivity index (χ4n) is 2.00. The lowest BCUT2D eigenvalue weighted by molar-refractivity contribution is -0.118. The molecule has 2 rings (SSSR count). The summed E-state index contributed by atoms with van der Waals surface area (Å²) in [5.74, 6) is -0.0342. The Morgan fingerprint density at radius 1 is 1.29 bits per heavy atom. The van der Waals surface area contributed by atoms with Gasteiger partial charge in [-0.2, -0.15) is 0 Å². The molecule has 1 aliphatic rings. The first-order chi connectivity index (χ1) is 8.10. The third kappa shape index (κ3) is 2.34. The van der Waals surface area contributed by atoms with Crippen molar-refractivity contribution in [2.45, 2.75) is 45.1 Å². The number of anilines is 1. The topological polar surface area (TPSA) is 55.1 Å². The van der Waals surface area contributed by atoms with Gasteiger partial charge in [0.05, 0.1) is 5.54 Å². The quantitative estimate of drug-likeness (QED) is 0.836. The number of carbonyl (C=O) groups is 1. The highest BCUT2D eigenvalue weighted by molar-refractivity contribution is 6.01. The van der Waals surface area contributed by atoms with Gasteiger partial charge >= 0.3 is 0 Å². The fourth-order valence-corrected chi connectivity index (χ4v) is 2.00. The maximum atomic E-state index is 12.0. The minimum atomic E-state index is -0.605. The molecule has 0 aliphatic heterocycles. The number of benzene rings is 1. The van der Waals surface area contributed by atoms with Crippen LogP contribution in [0.15, 0.2) is 18.2 Å². The summed E-state index contributed by atoms with van der Waals surface area (Å²) >= 11 is 0. The van der Waals surface area contributed by atoms with Crippen molar-refractivity contribution in [1.82, 2.24) is 0 Å². The maximum Gasteiger partial charge on any atom is 0.244 e. The summed E-state index contributed by atoms with van der Waals surface area (Å²) in [6.07, 6.45) is 3.44. The molecule has 0 radical (unpaired) electrons. The van der Waals surface area contributed by atoms with Crippen molar-refractivity contribution in [3.05, 3.63) is 29.3 Å². The van der Waals surface area contributed by atoms with Gasteiger partial charge in [0.15, 0.2) is 0 Å². The average molecular weight is 232 g/mol. The number of para-hydroxylation sites is 1. The van der Waals surface area contributed by atoms with Crippen LogP contribution in [0.4, 0.5) is 5.69 Å².